The number of carbonyl (C=O) groups excluding carboxylic acids is 2. The van der Waals surface area contributed by atoms with Crippen LogP contribution in [0.15, 0.2) is 51.4 Å². The van der Waals surface area contributed by atoms with Gasteiger partial charge in [-0.3, -0.25) is 9.59 Å². The number of rotatable bonds is 5. The molecule has 138 valence electrons. The average Bonchev–Trinajstić information content (AvgIpc) is 2.52. The zero-order valence-corrected chi connectivity index (χ0v) is 16.3. The minimum atomic E-state index is -4.44. The van der Waals surface area contributed by atoms with Crippen LogP contribution in [0.2, 0.25) is 0 Å². The second-order valence-corrected chi connectivity index (χ2v) is 7.32. The van der Waals surface area contributed by atoms with Crippen LogP contribution >= 0.6 is 31.9 Å². The number of nitrogens with one attached hydrogen (secondary N) is 1. The van der Waals surface area contributed by atoms with E-state index in [1.165, 1.54) is 12.1 Å². The van der Waals surface area contributed by atoms with Gasteiger partial charge >= 0.3 is 6.18 Å². The molecule has 0 bridgehead atoms. The largest absolute Gasteiger partial charge is 0.416 e. The zero-order chi connectivity index (χ0) is 19.5. The van der Waals surface area contributed by atoms with E-state index in [1.807, 2.05) is 0 Å². The Labute approximate surface area is 164 Å². The third kappa shape index (κ3) is 5.57. The van der Waals surface area contributed by atoms with Gasteiger partial charge in [-0.25, -0.2) is 0 Å². The van der Waals surface area contributed by atoms with E-state index in [0.29, 0.717) is 20.1 Å². The molecule has 2 rings (SSSR count). The Hall–Kier alpha value is -1.87. The van der Waals surface area contributed by atoms with Crippen molar-refractivity contribution in [1.29, 1.82) is 0 Å². The SMILES string of the molecule is NC(=O)[C@@H](Cc1ccc(C(F)(F)F)cc1)NC(=O)c1cc(Br)cc(Br)c1. The van der Waals surface area contributed by atoms with E-state index in [1.54, 1.807) is 18.2 Å². The quantitative estimate of drug-likeness (QED) is 0.659. The summed E-state index contributed by atoms with van der Waals surface area (Å²) in [6, 6.07) is 8.15. The van der Waals surface area contributed by atoms with Crippen LogP contribution < -0.4 is 11.1 Å². The zero-order valence-electron chi connectivity index (χ0n) is 13.1. The van der Waals surface area contributed by atoms with Crippen molar-refractivity contribution < 1.29 is 22.8 Å². The van der Waals surface area contributed by atoms with Crippen LogP contribution in [0.1, 0.15) is 21.5 Å². The number of alkyl halides is 3. The fourth-order valence-corrected chi connectivity index (χ4v) is 3.51. The van der Waals surface area contributed by atoms with Gasteiger partial charge in [-0.1, -0.05) is 44.0 Å². The highest BCUT2D eigenvalue weighted by Crippen LogP contribution is 2.29. The molecule has 0 unspecified atom stereocenters. The molecule has 0 fully saturated rings. The summed E-state index contributed by atoms with van der Waals surface area (Å²) in [5, 5.41) is 2.50. The third-order valence-electron chi connectivity index (χ3n) is 3.49. The smallest absolute Gasteiger partial charge is 0.368 e. The summed E-state index contributed by atoms with van der Waals surface area (Å²) < 4.78 is 39.1. The minimum absolute atomic E-state index is 0.0195. The molecule has 0 saturated heterocycles. The molecule has 3 N–H and O–H groups in total. The Bertz CT molecular complexity index is 803. The average molecular weight is 494 g/mol. The van der Waals surface area contributed by atoms with Crippen LogP contribution in [0.3, 0.4) is 0 Å². The molecular weight excluding hydrogens is 481 g/mol. The first-order valence-corrected chi connectivity index (χ1v) is 8.87. The molecule has 26 heavy (non-hydrogen) atoms. The summed E-state index contributed by atoms with van der Waals surface area (Å²) in [4.78, 5) is 24.0. The Morgan fingerprint density at radius 2 is 1.58 bits per heavy atom. The van der Waals surface area contributed by atoms with Crippen molar-refractivity contribution in [2.75, 3.05) is 0 Å². The summed E-state index contributed by atoms with van der Waals surface area (Å²) in [5.74, 6) is -1.31. The molecule has 9 heteroatoms. The van der Waals surface area contributed by atoms with Crippen LogP contribution in [0.4, 0.5) is 13.2 Å². The topological polar surface area (TPSA) is 72.2 Å². The molecule has 0 aromatic heterocycles. The molecule has 0 spiro atoms. The monoisotopic (exact) mass is 492 g/mol. The predicted octanol–water partition coefficient (Wildman–Crippen LogP) is 4.06. The number of amides is 2. The van der Waals surface area contributed by atoms with E-state index >= 15 is 0 Å². The normalized spacial score (nSPS) is 12.5. The number of halogens is 5. The maximum absolute atomic E-state index is 12.6. The Balaban J connectivity index is 2.14. The van der Waals surface area contributed by atoms with Gasteiger partial charge in [-0.05, 0) is 35.9 Å². The van der Waals surface area contributed by atoms with Crippen molar-refractivity contribution in [2.24, 2.45) is 5.73 Å². The fraction of sp³-hybridized carbons (Fsp3) is 0.176. The molecule has 2 aromatic carbocycles. The van der Waals surface area contributed by atoms with Crippen molar-refractivity contribution in [2.45, 2.75) is 18.6 Å². The molecule has 1 atom stereocenters. The van der Waals surface area contributed by atoms with Gasteiger partial charge in [0.2, 0.25) is 5.91 Å². The number of nitrogens with two attached hydrogens (primary N) is 1. The van der Waals surface area contributed by atoms with Gasteiger partial charge in [0.1, 0.15) is 6.04 Å². The lowest BCUT2D eigenvalue weighted by molar-refractivity contribution is -0.137. The van der Waals surface area contributed by atoms with Crippen LogP contribution in [-0.4, -0.2) is 17.9 Å². The number of primary amides is 1. The molecule has 4 nitrogen and oxygen atoms in total. The number of benzene rings is 2. The third-order valence-corrected chi connectivity index (χ3v) is 4.41. The van der Waals surface area contributed by atoms with E-state index in [9.17, 15) is 22.8 Å². The minimum Gasteiger partial charge on any atom is -0.368 e. The van der Waals surface area contributed by atoms with E-state index < -0.39 is 29.6 Å². The van der Waals surface area contributed by atoms with Crippen molar-refractivity contribution in [3.05, 3.63) is 68.1 Å². The Morgan fingerprint density at radius 1 is 1.04 bits per heavy atom. The summed E-state index contributed by atoms with van der Waals surface area (Å²) >= 11 is 6.52. The molecular formula is C17H13Br2F3N2O2. The van der Waals surface area contributed by atoms with Crippen LogP contribution in [0.5, 0.6) is 0 Å². The van der Waals surface area contributed by atoms with Crippen molar-refractivity contribution in [3.8, 4) is 0 Å². The first kappa shape index (κ1) is 20.4. The fourth-order valence-electron chi connectivity index (χ4n) is 2.21. The Morgan fingerprint density at radius 3 is 2.04 bits per heavy atom. The molecule has 2 aromatic rings. The summed E-state index contributed by atoms with van der Waals surface area (Å²) in [5.41, 5.74) is 5.26. The second-order valence-electron chi connectivity index (χ2n) is 5.49. The van der Waals surface area contributed by atoms with Crippen LogP contribution in [0, 0.1) is 0 Å². The second kappa shape index (κ2) is 8.22. The number of hydrogen-bond donors (Lipinski definition) is 2. The van der Waals surface area contributed by atoms with Gasteiger partial charge < -0.3 is 11.1 Å². The molecule has 0 saturated carbocycles. The van der Waals surface area contributed by atoms with E-state index in [4.69, 9.17) is 5.73 Å². The van der Waals surface area contributed by atoms with E-state index in [-0.39, 0.29) is 6.42 Å². The Kier molecular flexibility index (Phi) is 6.46. The first-order valence-electron chi connectivity index (χ1n) is 7.28. The van der Waals surface area contributed by atoms with Crippen molar-refractivity contribution >= 4 is 43.7 Å². The maximum atomic E-state index is 12.6. The van der Waals surface area contributed by atoms with Gasteiger partial charge in [0.15, 0.2) is 0 Å². The predicted molar refractivity (Wildman–Crippen MR) is 97.4 cm³/mol. The molecule has 2 amide bonds. The van der Waals surface area contributed by atoms with Gasteiger partial charge in [0.05, 0.1) is 5.56 Å². The van der Waals surface area contributed by atoms with Crippen molar-refractivity contribution in [1.82, 2.24) is 5.32 Å². The van der Waals surface area contributed by atoms with Gasteiger partial charge in [0.25, 0.3) is 5.91 Å². The number of hydrogen-bond acceptors (Lipinski definition) is 2. The highest BCUT2D eigenvalue weighted by atomic mass is 79.9. The van der Waals surface area contributed by atoms with Crippen molar-refractivity contribution in [3.63, 3.8) is 0 Å². The van der Waals surface area contributed by atoms with E-state index in [0.717, 1.165) is 12.1 Å². The van der Waals surface area contributed by atoms with Crippen LogP contribution in [0.25, 0.3) is 0 Å². The summed E-state index contributed by atoms with van der Waals surface area (Å²) in [7, 11) is 0. The van der Waals surface area contributed by atoms with E-state index in [2.05, 4.69) is 37.2 Å². The molecule has 0 aliphatic heterocycles. The summed E-state index contributed by atoms with van der Waals surface area (Å²) in [6.45, 7) is 0. The van der Waals surface area contributed by atoms with Gasteiger partial charge in [-0.2, -0.15) is 13.2 Å². The van der Waals surface area contributed by atoms with Crippen LogP contribution in [-0.2, 0) is 17.4 Å². The van der Waals surface area contributed by atoms with Gasteiger partial charge in [0, 0.05) is 20.9 Å². The number of carbonyl (C=O) groups is 2. The maximum Gasteiger partial charge on any atom is 0.416 e. The molecule has 0 aliphatic rings. The lowest BCUT2D eigenvalue weighted by Crippen LogP contribution is -2.45. The summed E-state index contributed by atoms with van der Waals surface area (Å²) in [6.07, 6.45) is -4.46. The standard InChI is InChI=1S/C17H13Br2F3N2O2/c18-12-6-10(7-13(19)8-12)16(26)24-14(15(23)25)5-9-1-3-11(4-2-9)17(20,21)22/h1-4,6-8,14H,5H2,(H2,23,25)(H,24,26)/t14-/m1/s1. The van der Waals surface area contributed by atoms with Gasteiger partial charge in [-0.15, -0.1) is 0 Å². The lowest BCUT2D eigenvalue weighted by atomic mass is 10.0. The molecule has 0 radical (unpaired) electrons. The lowest BCUT2D eigenvalue weighted by Gasteiger charge is -2.16. The first-order chi connectivity index (χ1) is 12.1. The highest BCUT2D eigenvalue weighted by Gasteiger charge is 2.30. The molecule has 0 aliphatic carbocycles. The highest BCUT2D eigenvalue weighted by molar-refractivity contribution is 9.11. The molecule has 0 heterocycles.